The lowest BCUT2D eigenvalue weighted by atomic mass is 10.0. The number of amides is 1. The van der Waals surface area contributed by atoms with Gasteiger partial charge in [0.1, 0.15) is 6.04 Å². The van der Waals surface area contributed by atoms with Gasteiger partial charge in [-0.05, 0) is 50.1 Å². The van der Waals surface area contributed by atoms with Gasteiger partial charge in [0.05, 0.1) is 11.7 Å². The molecule has 1 aromatic heterocycles. The third kappa shape index (κ3) is 5.72. The van der Waals surface area contributed by atoms with Crippen molar-refractivity contribution < 1.29 is 4.79 Å². The number of carbonyl (C=O) groups is 1. The van der Waals surface area contributed by atoms with Gasteiger partial charge in [0.2, 0.25) is 5.91 Å². The molecule has 1 fully saturated rings. The molecule has 208 valence electrons. The van der Waals surface area contributed by atoms with Gasteiger partial charge in [0.25, 0.3) is 0 Å². The maximum absolute atomic E-state index is 13.3. The van der Waals surface area contributed by atoms with E-state index in [2.05, 4.69) is 39.3 Å². The molecule has 3 aromatic carbocycles. The lowest BCUT2D eigenvalue weighted by molar-refractivity contribution is -0.126. The summed E-state index contributed by atoms with van der Waals surface area (Å²) in [7, 11) is 0. The van der Waals surface area contributed by atoms with Gasteiger partial charge >= 0.3 is 5.69 Å². The van der Waals surface area contributed by atoms with Gasteiger partial charge in [0.15, 0.2) is 5.82 Å². The largest absolute Gasteiger partial charge is 0.369 e. The molecule has 0 bridgehead atoms. The van der Waals surface area contributed by atoms with Crippen molar-refractivity contribution in [3.05, 3.63) is 101 Å². The van der Waals surface area contributed by atoms with Crippen LogP contribution in [0.1, 0.15) is 44.8 Å². The number of carbonyl (C=O) groups excluding carboxylic acids is 1. The average molecular weight is 539 g/mol. The summed E-state index contributed by atoms with van der Waals surface area (Å²) in [6.07, 6.45) is 0.911. The van der Waals surface area contributed by atoms with Crippen LogP contribution >= 0.6 is 0 Å². The fourth-order valence-corrected chi connectivity index (χ4v) is 5.28. The number of nitrogens with one attached hydrogen (secondary N) is 1. The minimum absolute atomic E-state index is 0.0458. The van der Waals surface area contributed by atoms with Gasteiger partial charge in [-0.1, -0.05) is 67.6 Å². The van der Waals surface area contributed by atoms with Crippen molar-refractivity contribution in [2.24, 2.45) is 0 Å². The number of benzene rings is 3. The summed E-state index contributed by atoms with van der Waals surface area (Å²) < 4.78 is 3.23. The summed E-state index contributed by atoms with van der Waals surface area (Å²) >= 11 is 0. The molecule has 5 rings (SSSR count). The third-order valence-corrected chi connectivity index (χ3v) is 7.39. The first-order valence-corrected chi connectivity index (χ1v) is 14.2. The molecular formula is C32H38N6O2. The van der Waals surface area contributed by atoms with Crippen molar-refractivity contribution in [1.82, 2.24) is 24.6 Å². The van der Waals surface area contributed by atoms with Crippen LogP contribution in [0.5, 0.6) is 0 Å². The van der Waals surface area contributed by atoms with Gasteiger partial charge in [-0.15, -0.1) is 5.10 Å². The van der Waals surface area contributed by atoms with Crippen LogP contribution in [-0.2, 0) is 4.79 Å². The minimum atomic E-state index is -0.293. The number of rotatable bonds is 9. The van der Waals surface area contributed by atoms with E-state index in [1.54, 1.807) is 4.57 Å². The van der Waals surface area contributed by atoms with E-state index >= 15 is 0 Å². The molecule has 2 heterocycles. The molecular weight excluding hydrogens is 500 g/mol. The SMILES string of the molecule is CCCNC(=O)C(c1ccccc1)N1CCN(c2ccc(-n3c(-c4ccccc4)nn(C(C)C)c3=O)cc2)CC1. The molecule has 0 spiro atoms. The summed E-state index contributed by atoms with van der Waals surface area (Å²) in [5.41, 5.74) is 3.66. The number of aromatic nitrogens is 3. The van der Waals surface area contributed by atoms with E-state index in [1.165, 1.54) is 4.68 Å². The van der Waals surface area contributed by atoms with Crippen molar-refractivity contribution in [3.8, 4) is 17.1 Å². The van der Waals surface area contributed by atoms with Crippen LogP contribution in [0.25, 0.3) is 17.1 Å². The molecule has 0 radical (unpaired) electrons. The Hall–Kier alpha value is -4.17. The quantitative estimate of drug-likeness (QED) is 0.335. The summed E-state index contributed by atoms with van der Waals surface area (Å²) in [4.78, 5) is 31.1. The Morgan fingerprint density at radius 3 is 2.05 bits per heavy atom. The molecule has 1 unspecified atom stereocenters. The maximum Gasteiger partial charge on any atom is 0.351 e. The summed E-state index contributed by atoms with van der Waals surface area (Å²) in [5.74, 6) is 0.696. The Morgan fingerprint density at radius 2 is 1.45 bits per heavy atom. The molecule has 1 aliphatic heterocycles. The molecule has 1 aliphatic rings. The molecule has 40 heavy (non-hydrogen) atoms. The van der Waals surface area contributed by atoms with E-state index in [-0.39, 0.29) is 23.7 Å². The van der Waals surface area contributed by atoms with E-state index < -0.39 is 0 Å². The molecule has 8 heteroatoms. The lowest BCUT2D eigenvalue weighted by Gasteiger charge is -2.39. The predicted molar refractivity (Wildman–Crippen MR) is 160 cm³/mol. The van der Waals surface area contributed by atoms with Gasteiger partial charge < -0.3 is 10.2 Å². The van der Waals surface area contributed by atoms with Crippen molar-refractivity contribution in [3.63, 3.8) is 0 Å². The van der Waals surface area contributed by atoms with E-state index in [0.29, 0.717) is 12.4 Å². The van der Waals surface area contributed by atoms with Gasteiger partial charge in [-0.2, -0.15) is 0 Å². The Labute approximate surface area is 235 Å². The zero-order valence-electron chi connectivity index (χ0n) is 23.5. The van der Waals surface area contributed by atoms with Gasteiger partial charge in [-0.3, -0.25) is 9.69 Å². The van der Waals surface area contributed by atoms with Crippen LogP contribution in [0.15, 0.2) is 89.7 Å². The highest BCUT2D eigenvalue weighted by Crippen LogP contribution is 2.26. The first kappa shape index (κ1) is 27.4. The second kappa shape index (κ2) is 12.3. The van der Waals surface area contributed by atoms with Gasteiger partial charge in [-0.25, -0.2) is 14.0 Å². The van der Waals surface area contributed by atoms with Crippen LogP contribution in [0.2, 0.25) is 0 Å². The Kier molecular flexibility index (Phi) is 8.45. The summed E-state index contributed by atoms with van der Waals surface area (Å²) in [6, 6.07) is 27.6. The Morgan fingerprint density at radius 1 is 0.850 bits per heavy atom. The van der Waals surface area contributed by atoms with E-state index in [0.717, 1.165) is 55.1 Å². The standard InChI is InChI=1S/C32H38N6O2/c1-4-19-33-31(39)29(25-11-7-5-8-12-25)36-22-20-35(21-23-36)27-15-17-28(18-16-27)37-30(26-13-9-6-10-14-26)34-38(24(2)3)32(37)40/h5-18,24,29H,4,19-23H2,1-3H3,(H,33,39). The number of hydrogen-bond acceptors (Lipinski definition) is 5. The van der Waals surface area contributed by atoms with E-state index in [4.69, 9.17) is 0 Å². The van der Waals surface area contributed by atoms with Crippen molar-refractivity contribution in [1.29, 1.82) is 0 Å². The van der Waals surface area contributed by atoms with Crippen LogP contribution in [0.3, 0.4) is 0 Å². The molecule has 1 atom stereocenters. The number of hydrogen-bond donors (Lipinski definition) is 1. The topological polar surface area (TPSA) is 75.4 Å². The summed E-state index contributed by atoms with van der Waals surface area (Å²) in [6.45, 7) is 9.85. The number of nitrogens with zero attached hydrogens (tertiary/aromatic N) is 5. The highest BCUT2D eigenvalue weighted by molar-refractivity contribution is 5.83. The fourth-order valence-electron chi connectivity index (χ4n) is 5.28. The minimum Gasteiger partial charge on any atom is -0.369 e. The van der Waals surface area contributed by atoms with Crippen LogP contribution in [-0.4, -0.2) is 57.9 Å². The number of anilines is 1. The molecule has 4 aromatic rings. The molecule has 8 nitrogen and oxygen atoms in total. The molecule has 1 amide bonds. The zero-order valence-corrected chi connectivity index (χ0v) is 23.5. The molecule has 0 saturated carbocycles. The van der Waals surface area contributed by atoms with Crippen LogP contribution in [0, 0.1) is 0 Å². The van der Waals surface area contributed by atoms with E-state index in [9.17, 15) is 9.59 Å². The molecule has 0 aliphatic carbocycles. The zero-order chi connectivity index (χ0) is 28.1. The second-order valence-electron chi connectivity index (χ2n) is 10.5. The average Bonchev–Trinajstić information content (AvgIpc) is 3.35. The first-order chi connectivity index (χ1) is 19.5. The van der Waals surface area contributed by atoms with Crippen molar-refractivity contribution in [2.45, 2.75) is 39.3 Å². The highest BCUT2D eigenvalue weighted by Gasteiger charge is 2.30. The fraction of sp³-hybridized carbons (Fsp3) is 0.344. The Balaban J connectivity index is 1.34. The predicted octanol–water partition coefficient (Wildman–Crippen LogP) is 4.67. The summed E-state index contributed by atoms with van der Waals surface area (Å²) in [5, 5.41) is 7.76. The first-order valence-electron chi connectivity index (χ1n) is 14.2. The normalized spacial score (nSPS) is 14.8. The van der Waals surface area contributed by atoms with Crippen LogP contribution < -0.4 is 15.9 Å². The van der Waals surface area contributed by atoms with Crippen molar-refractivity contribution in [2.75, 3.05) is 37.6 Å². The highest BCUT2D eigenvalue weighted by atomic mass is 16.2. The van der Waals surface area contributed by atoms with Crippen molar-refractivity contribution >= 4 is 11.6 Å². The monoisotopic (exact) mass is 538 g/mol. The molecule has 1 N–H and O–H groups in total. The van der Waals surface area contributed by atoms with Gasteiger partial charge in [0, 0.05) is 44.0 Å². The molecule has 1 saturated heterocycles. The smallest absolute Gasteiger partial charge is 0.351 e. The number of piperazine rings is 1. The maximum atomic E-state index is 13.3. The third-order valence-electron chi connectivity index (χ3n) is 7.39. The lowest BCUT2D eigenvalue weighted by Crippen LogP contribution is -2.51. The second-order valence-corrected chi connectivity index (χ2v) is 10.5. The van der Waals surface area contributed by atoms with E-state index in [1.807, 2.05) is 86.6 Å². The Bertz CT molecular complexity index is 1450. The van der Waals surface area contributed by atoms with Crippen LogP contribution in [0.4, 0.5) is 5.69 Å².